The lowest BCUT2D eigenvalue weighted by Crippen LogP contribution is -2.03. The van der Waals surface area contributed by atoms with Crippen molar-refractivity contribution in [2.75, 3.05) is 6.67 Å². The molecular formula is C3H3F4. The van der Waals surface area contributed by atoms with Crippen LogP contribution < -0.4 is 0 Å². The third-order valence-electron chi connectivity index (χ3n) is 0.364. The highest BCUT2D eigenvalue weighted by Crippen LogP contribution is 2.12. The van der Waals surface area contributed by atoms with Gasteiger partial charge in [-0.2, -0.15) is 0 Å². The molecule has 0 saturated heterocycles. The first kappa shape index (κ1) is 6.72. The van der Waals surface area contributed by atoms with Crippen molar-refractivity contribution in [1.29, 1.82) is 0 Å². The zero-order chi connectivity index (χ0) is 5.86. The Kier molecular flexibility index (Phi) is 2.71. The Morgan fingerprint density at radius 1 is 1.43 bits per heavy atom. The van der Waals surface area contributed by atoms with Crippen LogP contribution in [-0.4, -0.2) is 13.1 Å². The van der Waals surface area contributed by atoms with E-state index < -0.39 is 19.3 Å². The van der Waals surface area contributed by atoms with Crippen molar-refractivity contribution in [2.24, 2.45) is 0 Å². The lowest BCUT2D eigenvalue weighted by atomic mass is 10.4. The quantitative estimate of drug-likeness (QED) is 0.480. The highest BCUT2D eigenvalue weighted by Gasteiger charge is 2.19. The van der Waals surface area contributed by atoms with E-state index in [2.05, 4.69) is 0 Å². The van der Waals surface area contributed by atoms with E-state index in [9.17, 15) is 17.6 Å². The topological polar surface area (TPSA) is 0 Å². The fraction of sp³-hybridized carbons (Fsp3) is 0.667. The highest BCUT2D eigenvalue weighted by atomic mass is 19.3. The van der Waals surface area contributed by atoms with Gasteiger partial charge in [0, 0.05) is 0 Å². The van der Waals surface area contributed by atoms with Crippen LogP contribution in [0.4, 0.5) is 17.6 Å². The molecular weight excluding hydrogens is 112 g/mol. The summed E-state index contributed by atoms with van der Waals surface area (Å²) in [6, 6.07) is 0. The van der Waals surface area contributed by atoms with Crippen LogP contribution in [0.1, 0.15) is 0 Å². The van der Waals surface area contributed by atoms with Crippen LogP contribution in [0.5, 0.6) is 0 Å². The average Bonchev–Trinajstić information content (AvgIpc) is 1.65. The Bertz CT molecular complexity index is 44.2. The summed E-state index contributed by atoms with van der Waals surface area (Å²) >= 11 is 0. The summed E-state index contributed by atoms with van der Waals surface area (Å²) in [6.45, 7) is -1.68. The van der Waals surface area contributed by atoms with Crippen LogP contribution in [0, 0.1) is 6.17 Å². The largest absolute Gasteiger partial charge is 0.278 e. The number of hydrogen-bond donors (Lipinski definition) is 0. The van der Waals surface area contributed by atoms with Crippen molar-refractivity contribution >= 4 is 0 Å². The summed E-state index contributed by atoms with van der Waals surface area (Å²) in [5, 5.41) is 0. The van der Waals surface area contributed by atoms with Crippen LogP contribution in [0.2, 0.25) is 0 Å². The van der Waals surface area contributed by atoms with Gasteiger partial charge in [-0.15, -0.1) is 0 Å². The molecule has 0 N–H and O–H groups in total. The van der Waals surface area contributed by atoms with Gasteiger partial charge >= 0.3 is 0 Å². The van der Waals surface area contributed by atoms with Gasteiger partial charge in [0.1, 0.15) is 6.67 Å². The molecule has 0 bridgehead atoms. The van der Waals surface area contributed by atoms with Gasteiger partial charge in [-0.1, -0.05) is 0 Å². The molecule has 0 aliphatic rings. The molecule has 0 aromatic rings. The van der Waals surface area contributed by atoms with E-state index in [0.29, 0.717) is 0 Å². The average molecular weight is 115 g/mol. The van der Waals surface area contributed by atoms with Crippen LogP contribution in [0.15, 0.2) is 0 Å². The minimum Gasteiger partial charge on any atom is -0.247 e. The third kappa shape index (κ3) is 2.42. The molecule has 0 aliphatic heterocycles. The van der Waals surface area contributed by atoms with Gasteiger partial charge in [0.15, 0.2) is 0 Å². The smallest absolute Gasteiger partial charge is 0.247 e. The molecule has 0 heterocycles. The van der Waals surface area contributed by atoms with Crippen molar-refractivity contribution < 1.29 is 17.6 Å². The second-order valence-corrected chi connectivity index (χ2v) is 0.881. The molecule has 0 aromatic heterocycles. The van der Waals surface area contributed by atoms with Crippen LogP contribution >= 0.6 is 0 Å². The monoisotopic (exact) mass is 115 g/mol. The van der Waals surface area contributed by atoms with E-state index in [4.69, 9.17) is 0 Å². The van der Waals surface area contributed by atoms with Gasteiger partial charge < -0.3 is 0 Å². The van der Waals surface area contributed by atoms with Crippen LogP contribution in [0.3, 0.4) is 0 Å². The van der Waals surface area contributed by atoms with Crippen molar-refractivity contribution in [3.05, 3.63) is 6.17 Å². The third-order valence-corrected chi connectivity index (χ3v) is 0.364. The Balaban J connectivity index is 3.14. The molecule has 0 unspecified atom stereocenters. The normalized spacial score (nSPS) is 11.1. The second kappa shape index (κ2) is 2.82. The molecule has 0 aliphatic carbocycles. The molecule has 0 rings (SSSR count). The standard InChI is InChI=1S/C3H3F4/c4-1-2(5)3(6)7/h3H,1H2. The second-order valence-electron chi connectivity index (χ2n) is 0.881. The van der Waals surface area contributed by atoms with Crippen molar-refractivity contribution in [1.82, 2.24) is 0 Å². The molecule has 0 fully saturated rings. The first-order valence-electron chi connectivity index (χ1n) is 1.53. The molecule has 0 amide bonds. The maximum Gasteiger partial charge on any atom is 0.278 e. The van der Waals surface area contributed by atoms with E-state index in [1.54, 1.807) is 0 Å². The van der Waals surface area contributed by atoms with E-state index in [1.807, 2.05) is 0 Å². The van der Waals surface area contributed by atoms with Gasteiger partial charge in [-0.25, -0.2) is 17.6 Å². The SMILES string of the molecule is FC[C](F)C(F)F. The zero-order valence-corrected chi connectivity index (χ0v) is 3.30. The van der Waals surface area contributed by atoms with Crippen LogP contribution in [-0.2, 0) is 0 Å². The summed E-state index contributed by atoms with van der Waals surface area (Å²) in [5.74, 6) is 0. The lowest BCUT2D eigenvalue weighted by Gasteiger charge is -1.94. The Hall–Kier alpha value is -0.280. The van der Waals surface area contributed by atoms with Crippen molar-refractivity contribution in [2.45, 2.75) is 6.43 Å². The molecule has 7 heavy (non-hydrogen) atoms. The summed E-state index contributed by atoms with van der Waals surface area (Å²) in [4.78, 5) is 0. The molecule has 0 spiro atoms. The van der Waals surface area contributed by atoms with Gasteiger partial charge in [0.05, 0.1) is 0 Å². The minimum absolute atomic E-state index is 1.68. The van der Waals surface area contributed by atoms with E-state index in [-0.39, 0.29) is 0 Å². The highest BCUT2D eigenvalue weighted by molar-refractivity contribution is 4.77. The predicted octanol–water partition coefficient (Wildman–Crippen LogP) is 1.72. The minimum atomic E-state index is -3.26. The predicted molar refractivity (Wildman–Crippen MR) is 16.3 cm³/mol. The summed E-state index contributed by atoms with van der Waals surface area (Å²) in [7, 11) is 0. The van der Waals surface area contributed by atoms with Crippen LogP contribution in [0.25, 0.3) is 0 Å². The van der Waals surface area contributed by atoms with E-state index >= 15 is 0 Å². The molecule has 1 radical (unpaired) electrons. The molecule has 0 aromatic carbocycles. The fourth-order valence-electron chi connectivity index (χ4n) is 0.0583. The molecule has 0 saturated carbocycles. The molecule has 4 heteroatoms. The Labute approximate surface area is 38.1 Å². The van der Waals surface area contributed by atoms with Gasteiger partial charge in [0.25, 0.3) is 6.43 Å². The first-order valence-corrected chi connectivity index (χ1v) is 1.53. The number of rotatable bonds is 2. The zero-order valence-electron chi connectivity index (χ0n) is 3.30. The summed E-state index contributed by atoms with van der Waals surface area (Å²) in [6.07, 6.45) is -5.16. The van der Waals surface area contributed by atoms with Crippen molar-refractivity contribution in [3.8, 4) is 0 Å². The number of alkyl halides is 3. The Morgan fingerprint density at radius 3 is 1.86 bits per heavy atom. The van der Waals surface area contributed by atoms with Gasteiger partial charge in [-0.05, 0) is 0 Å². The number of hydrogen-bond acceptors (Lipinski definition) is 0. The Morgan fingerprint density at radius 2 is 1.86 bits per heavy atom. The summed E-state index contributed by atoms with van der Waals surface area (Å²) in [5.41, 5.74) is 0. The lowest BCUT2D eigenvalue weighted by molar-refractivity contribution is 0.101. The molecule has 0 nitrogen and oxygen atoms in total. The maximum absolute atomic E-state index is 11.0. The first-order chi connectivity index (χ1) is 3.18. The maximum atomic E-state index is 11.0. The van der Waals surface area contributed by atoms with E-state index in [1.165, 1.54) is 0 Å². The fourth-order valence-corrected chi connectivity index (χ4v) is 0.0583. The number of halogens is 4. The molecule has 43 valence electrons. The molecule has 0 atom stereocenters. The van der Waals surface area contributed by atoms with Gasteiger partial charge in [0.2, 0.25) is 6.17 Å². The van der Waals surface area contributed by atoms with Gasteiger partial charge in [-0.3, -0.25) is 0 Å². The van der Waals surface area contributed by atoms with E-state index in [0.717, 1.165) is 0 Å². The summed E-state index contributed by atoms with van der Waals surface area (Å²) < 4.78 is 43.3. The van der Waals surface area contributed by atoms with Crippen molar-refractivity contribution in [3.63, 3.8) is 0 Å².